The van der Waals surface area contributed by atoms with Gasteiger partial charge in [-0.25, -0.2) is 0 Å². The Hall–Kier alpha value is -1.64. The number of amides is 1. The average Bonchev–Trinajstić information content (AvgIpc) is 2.92. The molecule has 1 amide bonds. The number of benzene rings is 1. The molecule has 0 unspecified atom stereocenters. The molecular weight excluding hydrogens is 334 g/mol. The van der Waals surface area contributed by atoms with E-state index in [1.165, 1.54) is 30.2 Å². The molecule has 2 aromatic rings. The molecule has 0 radical (unpaired) electrons. The van der Waals surface area contributed by atoms with Crippen LogP contribution in [0, 0.1) is 0 Å². The van der Waals surface area contributed by atoms with E-state index in [0.717, 1.165) is 0 Å². The summed E-state index contributed by atoms with van der Waals surface area (Å²) in [5.74, 6) is -0.568. The number of methoxy groups -OCH3 is 1. The standard InChI is InChI=1S/C12H10ClN3O3S2/c1-19-9(17)6-20-12-16-15-11(21-12)14-10(18)7-4-2-3-5-8(7)13/h2-5H,6H2,1H3,(H,14,15,18). The van der Waals surface area contributed by atoms with E-state index >= 15 is 0 Å². The first kappa shape index (κ1) is 15.7. The van der Waals surface area contributed by atoms with E-state index in [4.69, 9.17) is 11.6 Å². The number of aromatic nitrogens is 2. The Morgan fingerprint density at radius 3 is 2.86 bits per heavy atom. The van der Waals surface area contributed by atoms with Gasteiger partial charge in [-0.3, -0.25) is 14.9 Å². The zero-order chi connectivity index (χ0) is 15.2. The monoisotopic (exact) mass is 343 g/mol. The van der Waals surface area contributed by atoms with Crippen LogP contribution in [0.5, 0.6) is 0 Å². The maximum Gasteiger partial charge on any atom is 0.316 e. The molecule has 1 N–H and O–H groups in total. The smallest absolute Gasteiger partial charge is 0.316 e. The number of esters is 1. The summed E-state index contributed by atoms with van der Waals surface area (Å²) in [5.41, 5.74) is 0.359. The maximum absolute atomic E-state index is 12.0. The molecule has 110 valence electrons. The average molecular weight is 344 g/mol. The number of carbonyl (C=O) groups is 2. The summed E-state index contributed by atoms with van der Waals surface area (Å²) in [6.07, 6.45) is 0. The summed E-state index contributed by atoms with van der Waals surface area (Å²) in [5, 5.41) is 11.0. The van der Waals surface area contributed by atoms with Gasteiger partial charge in [-0.15, -0.1) is 10.2 Å². The van der Waals surface area contributed by atoms with Gasteiger partial charge in [0.05, 0.1) is 23.4 Å². The van der Waals surface area contributed by atoms with Crippen molar-refractivity contribution in [2.24, 2.45) is 0 Å². The molecule has 0 fully saturated rings. The van der Waals surface area contributed by atoms with Crippen molar-refractivity contribution in [3.05, 3.63) is 34.9 Å². The van der Waals surface area contributed by atoms with Crippen LogP contribution in [0.3, 0.4) is 0 Å². The van der Waals surface area contributed by atoms with E-state index in [-0.39, 0.29) is 17.6 Å². The number of anilines is 1. The largest absolute Gasteiger partial charge is 0.468 e. The Kier molecular flexibility index (Phi) is 5.54. The number of nitrogens with zero attached hydrogens (tertiary/aromatic N) is 2. The zero-order valence-corrected chi connectivity index (χ0v) is 13.2. The first-order valence-electron chi connectivity index (χ1n) is 5.69. The predicted octanol–water partition coefficient (Wildman–Crippen LogP) is 2.71. The molecule has 0 saturated carbocycles. The van der Waals surface area contributed by atoms with Crippen molar-refractivity contribution in [3.63, 3.8) is 0 Å². The van der Waals surface area contributed by atoms with E-state index in [1.807, 2.05) is 0 Å². The Balaban J connectivity index is 1.98. The molecule has 1 heterocycles. The summed E-state index contributed by atoms with van der Waals surface area (Å²) in [6.45, 7) is 0. The van der Waals surface area contributed by atoms with Gasteiger partial charge in [-0.2, -0.15) is 0 Å². The molecule has 0 aliphatic rings. The third-order valence-electron chi connectivity index (χ3n) is 2.29. The Labute approximate surface area is 133 Å². The highest BCUT2D eigenvalue weighted by Crippen LogP contribution is 2.26. The van der Waals surface area contributed by atoms with Gasteiger partial charge in [0.15, 0.2) is 4.34 Å². The quantitative estimate of drug-likeness (QED) is 0.510. The lowest BCUT2D eigenvalue weighted by Crippen LogP contribution is -2.12. The highest BCUT2D eigenvalue weighted by atomic mass is 35.5. The van der Waals surface area contributed by atoms with E-state index in [2.05, 4.69) is 20.3 Å². The fourth-order valence-electron chi connectivity index (χ4n) is 1.31. The van der Waals surface area contributed by atoms with Crippen molar-refractivity contribution >= 4 is 51.7 Å². The van der Waals surface area contributed by atoms with Gasteiger partial charge in [-0.1, -0.05) is 46.8 Å². The molecule has 0 aliphatic heterocycles. The summed E-state index contributed by atoms with van der Waals surface area (Å²) >= 11 is 8.31. The fourth-order valence-corrected chi connectivity index (χ4v) is 3.11. The van der Waals surface area contributed by atoms with Crippen LogP contribution >= 0.6 is 34.7 Å². The summed E-state index contributed by atoms with van der Waals surface area (Å²) < 4.78 is 5.09. The third-order valence-corrected chi connectivity index (χ3v) is 4.56. The lowest BCUT2D eigenvalue weighted by molar-refractivity contribution is -0.137. The first-order valence-corrected chi connectivity index (χ1v) is 7.87. The Morgan fingerprint density at radius 2 is 2.14 bits per heavy atom. The first-order chi connectivity index (χ1) is 10.1. The molecular formula is C12H10ClN3O3S2. The number of carbonyl (C=O) groups excluding carboxylic acids is 2. The number of rotatable bonds is 5. The topological polar surface area (TPSA) is 81.2 Å². The minimum absolute atomic E-state index is 0.142. The van der Waals surface area contributed by atoms with Crippen molar-refractivity contribution in [1.82, 2.24) is 10.2 Å². The molecule has 9 heteroatoms. The second-order valence-electron chi connectivity index (χ2n) is 3.67. The Morgan fingerprint density at radius 1 is 1.38 bits per heavy atom. The molecule has 0 spiro atoms. The summed E-state index contributed by atoms with van der Waals surface area (Å²) in [6, 6.07) is 6.71. The number of thioether (sulfide) groups is 1. The number of hydrogen-bond acceptors (Lipinski definition) is 7. The fraction of sp³-hybridized carbons (Fsp3) is 0.167. The van der Waals surface area contributed by atoms with Gasteiger partial charge < -0.3 is 4.74 Å². The van der Waals surface area contributed by atoms with Gasteiger partial charge in [0.1, 0.15) is 0 Å². The molecule has 21 heavy (non-hydrogen) atoms. The number of ether oxygens (including phenoxy) is 1. The van der Waals surface area contributed by atoms with Crippen molar-refractivity contribution in [2.45, 2.75) is 4.34 Å². The van der Waals surface area contributed by atoms with E-state index < -0.39 is 0 Å². The number of halogens is 1. The van der Waals surface area contributed by atoms with Crippen LogP contribution in [-0.4, -0.2) is 34.9 Å². The van der Waals surface area contributed by atoms with Gasteiger partial charge in [0.2, 0.25) is 5.13 Å². The van der Waals surface area contributed by atoms with Crippen LogP contribution in [0.2, 0.25) is 5.02 Å². The normalized spacial score (nSPS) is 10.2. The van der Waals surface area contributed by atoms with Crippen LogP contribution in [0.25, 0.3) is 0 Å². The molecule has 6 nitrogen and oxygen atoms in total. The second kappa shape index (κ2) is 7.39. The van der Waals surface area contributed by atoms with Crippen molar-refractivity contribution < 1.29 is 14.3 Å². The molecule has 1 aromatic carbocycles. The van der Waals surface area contributed by atoms with Crippen LogP contribution in [-0.2, 0) is 9.53 Å². The van der Waals surface area contributed by atoms with Crippen LogP contribution < -0.4 is 5.32 Å². The number of nitrogens with one attached hydrogen (secondary N) is 1. The van der Waals surface area contributed by atoms with Crippen molar-refractivity contribution in [2.75, 3.05) is 18.2 Å². The lowest BCUT2D eigenvalue weighted by atomic mass is 10.2. The zero-order valence-electron chi connectivity index (χ0n) is 10.8. The van der Waals surface area contributed by atoms with Crippen LogP contribution in [0.4, 0.5) is 5.13 Å². The second-order valence-corrected chi connectivity index (χ2v) is 6.28. The molecule has 0 atom stereocenters. The minimum atomic E-state index is -0.360. The van der Waals surface area contributed by atoms with Gasteiger partial charge in [-0.05, 0) is 12.1 Å². The van der Waals surface area contributed by atoms with Gasteiger partial charge in [0.25, 0.3) is 5.91 Å². The molecule has 2 rings (SSSR count). The molecule has 0 saturated heterocycles. The maximum atomic E-state index is 12.0. The van der Waals surface area contributed by atoms with E-state index in [9.17, 15) is 9.59 Å². The van der Waals surface area contributed by atoms with Gasteiger partial charge >= 0.3 is 5.97 Å². The Bertz CT molecular complexity index is 663. The highest BCUT2D eigenvalue weighted by Gasteiger charge is 2.13. The SMILES string of the molecule is COC(=O)CSc1nnc(NC(=O)c2ccccc2Cl)s1. The van der Waals surface area contributed by atoms with E-state index in [1.54, 1.807) is 24.3 Å². The lowest BCUT2D eigenvalue weighted by Gasteiger charge is -2.02. The minimum Gasteiger partial charge on any atom is -0.468 e. The van der Waals surface area contributed by atoms with Crippen molar-refractivity contribution in [1.29, 1.82) is 0 Å². The number of hydrogen-bond donors (Lipinski definition) is 1. The summed E-state index contributed by atoms with van der Waals surface area (Å²) in [7, 11) is 1.32. The third kappa shape index (κ3) is 4.42. The van der Waals surface area contributed by atoms with Gasteiger partial charge in [0, 0.05) is 0 Å². The molecule has 0 bridgehead atoms. The predicted molar refractivity (Wildman–Crippen MR) is 82.1 cm³/mol. The van der Waals surface area contributed by atoms with Crippen LogP contribution in [0.1, 0.15) is 10.4 Å². The highest BCUT2D eigenvalue weighted by molar-refractivity contribution is 8.01. The molecule has 1 aromatic heterocycles. The van der Waals surface area contributed by atoms with E-state index in [0.29, 0.717) is 20.1 Å². The summed E-state index contributed by atoms with van der Waals surface area (Å²) in [4.78, 5) is 23.0. The van der Waals surface area contributed by atoms with Crippen molar-refractivity contribution in [3.8, 4) is 0 Å². The van der Waals surface area contributed by atoms with Crippen LogP contribution in [0.15, 0.2) is 28.6 Å². The molecule has 0 aliphatic carbocycles.